The lowest BCUT2D eigenvalue weighted by atomic mass is 9.84. The average Bonchev–Trinajstić information content (AvgIpc) is 3.65. The lowest BCUT2D eigenvalue weighted by molar-refractivity contribution is 0.0118. The third kappa shape index (κ3) is 5.21. The first-order valence-electron chi connectivity index (χ1n) is 14.9. The van der Waals surface area contributed by atoms with Gasteiger partial charge in [-0.2, -0.15) is 4.98 Å². The molecule has 10 heteroatoms. The molecule has 0 atom stereocenters. The number of amides is 1. The van der Waals surface area contributed by atoms with Crippen LogP contribution in [0.2, 0.25) is 5.02 Å². The summed E-state index contributed by atoms with van der Waals surface area (Å²) < 4.78 is 1.78. The van der Waals surface area contributed by atoms with Gasteiger partial charge >= 0.3 is 0 Å². The number of rotatable bonds is 5. The van der Waals surface area contributed by atoms with E-state index in [4.69, 9.17) is 16.6 Å². The molecule has 0 bridgehead atoms. The van der Waals surface area contributed by atoms with Crippen molar-refractivity contribution in [3.63, 3.8) is 0 Å². The molecule has 4 aromatic rings. The molecule has 42 heavy (non-hydrogen) atoms. The Morgan fingerprint density at radius 1 is 0.929 bits per heavy atom. The molecule has 2 aromatic carbocycles. The minimum atomic E-state index is -0.872. The zero-order valence-electron chi connectivity index (χ0n) is 23.6. The van der Waals surface area contributed by atoms with E-state index in [1.165, 1.54) is 12.8 Å². The summed E-state index contributed by atoms with van der Waals surface area (Å²) in [5.74, 6) is 0.580. The fraction of sp³-hybridized carbons (Fsp3) is 0.406. The normalized spacial score (nSPS) is 19.9. The molecule has 5 heterocycles. The average molecular weight is 586 g/mol. The molecule has 2 aromatic heterocycles. The van der Waals surface area contributed by atoms with Crippen molar-refractivity contribution in [2.24, 2.45) is 0 Å². The van der Waals surface area contributed by atoms with Crippen LogP contribution in [0.15, 0.2) is 66.9 Å². The Hall–Kier alpha value is -3.66. The van der Waals surface area contributed by atoms with Crippen molar-refractivity contribution >= 4 is 40.5 Å². The first kappa shape index (κ1) is 27.2. The van der Waals surface area contributed by atoms with Crippen molar-refractivity contribution in [2.45, 2.75) is 49.7 Å². The monoisotopic (exact) mass is 585 g/mol. The van der Waals surface area contributed by atoms with Crippen LogP contribution in [0.3, 0.4) is 0 Å². The van der Waals surface area contributed by atoms with E-state index < -0.39 is 5.60 Å². The Bertz CT molecular complexity index is 1560. The van der Waals surface area contributed by atoms with E-state index in [0.717, 1.165) is 55.1 Å². The first-order chi connectivity index (χ1) is 20.4. The molecule has 3 fully saturated rings. The highest BCUT2D eigenvalue weighted by Gasteiger charge is 2.38. The summed E-state index contributed by atoms with van der Waals surface area (Å²) in [6.45, 7) is 4.09. The van der Waals surface area contributed by atoms with E-state index in [1.54, 1.807) is 4.52 Å². The minimum Gasteiger partial charge on any atom is -0.385 e. The maximum absolute atomic E-state index is 13.1. The predicted octanol–water partition coefficient (Wildman–Crippen LogP) is 4.97. The van der Waals surface area contributed by atoms with Crippen LogP contribution in [0.25, 0.3) is 5.65 Å². The van der Waals surface area contributed by atoms with E-state index in [0.29, 0.717) is 42.5 Å². The van der Waals surface area contributed by atoms with Crippen LogP contribution >= 0.6 is 11.6 Å². The van der Waals surface area contributed by atoms with Crippen LogP contribution in [-0.4, -0.2) is 68.8 Å². The number of nitrogens with one attached hydrogen (secondary N) is 2. The van der Waals surface area contributed by atoms with Gasteiger partial charge in [0.15, 0.2) is 5.65 Å². The van der Waals surface area contributed by atoms with Gasteiger partial charge in [-0.25, -0.2) is 4.52 Å². The largest absolute Gasteiger partial charge is 0.385 e. The number of nitrogens with zero attached hydrogens (tertiary/aromatic N) is 5. The lowest BCUT2D eigenvalue weighted by Gasteiger charge is -2.39. The van der Waals surface area contributed by atoms with Crippen LogP contribution in [0.4, 0.5) is 17.3 Å². The second-order valence-corrected chi connectivity index (χ2v) is 12.4. The van der Waals surface area contributed by atoms with E-state index in [9.17, 15) is 9.90 Å². The molecular weight excluding hydrogens is 550 g/mol. The van der Waals surface area contributed by atoms with E-state index in [1.807, 2.05) is 71.8 Å². The number of aromatic nitrogens is 3. The van der Waals surface area contributed by atoms with Gasteiger partial charge in [0.25, 0.3) is 5.91 Å². The SMILES string of the molecule is O=C(c1ccc(Nc2nc3c(N4CCC(O)(c5ccc(Cl)cc5)CC4)cccn3n2)cc1)N1CCC2(CCCN2)CC1. The summed E-state index contributed by atoms with van der Waals surface area (Å²) >= 11 is 6.05. The number of hydrogen-bond acceptors (Lipinski definition) is 7. The van der Waals surface area contributed by atoms with Gasteiger partial charge in [-0.1, -0.05) is 23.7 Å². The molecule has 7 rings (SSSR count). The highest BCUT2D eigenvalue weighted by Crippen LogP contribution is 2.36. The van der Waals surface area contributed by atoms with Gasteiger partial charge in [0, 0.05) is 54.2 Å². The van der Waals surface area contributed by atoms with Crippen molar-refractivity contribution in [3.8, 4) is 0 Å². The number of hydrogen-bond donors (Lipinski definition) is 3. The van der Waals surface area contributed by atoms with Crippen molar-refractivity contribution in [1.82, 2.24) is 24.8 Å². The molecule has 1 amide bonds. The molecule has 1 spiro atoms. The highest BCUT2D eigenvalue weighted by molar-refractivity contribution is 6.30. The van der Waals surface area contributed by atoms with Gasteiger partial charge in [-0.15, -0.1) is 5.10 Å². The van der Waals surface area contributed by atoms with Gasteiger partial charge in [0.2, 0.25) is 5.95 Å². The highest BCUT2D eigenvalue weighted by atomic mass is 35.5. The summed E-state index contributed by atoms with van der Waals surface area (Å²) in [6, 6.07) is 19.1. The number of carbonyl (C=O) groups excluding carboxylic acids is 1. The van der Waals surface area contributed by atoms with Crippen molar-refractivity contribution in [1.29, 1.82) is 0 Å². The lowest BCUT2D eigenvalue weighted by Crippen LogP contribution is -2.51. The van der Waals surface area contributed by atoms with Gasteiger partial charge in [-0.05, 0) is 99.2 Å². The standard InChI is InChI=1S/C32H36ClN7O2/c33-25-8-6-24(7-9-25)32(42)15-21-38(22-16-32)27-3-1-18-40-28(27)36-30(37-40)35-26-10-4-23(5-11-26)29(41)39-19-13-31(14-20-39)12-2-17-34-31/h1,3-11,18,34,42H,2,12-17,19-22H2,(H,35,37). The number of aliphatic hydroxyl groups is 1. The molecule has 0 saturated carbocycles. The molecule has 3 N–H and O–H groups in total. The second kappa shape index (κ2) is 10.9. The summed E-state index contributed by atoms with van der Waals surface area (Å²) in [7, 11) is 0. The molecule has 0 unspecified atom stereocenters. The molecule has 9 nitrogen and oxygen atoms in total. The smallest absolute Gasteiger partial charge is 0.253 e. The Kier molecular flexibility index (Phi) is 7.04. The van der Waals surface area contributed by atoms with Gasteiger partial charge in [0.1, 0.15) is 0 Å². The number of pyridine rings is 1. The Labute approximate surface area is 250 Å². The molecule has 3 aliphatic heterocycles. The number of likely N-dealkylation sites (tertiary alicyclic amines) is 1. The number of anilines is 3. The molecule has 0 radical (unpaired) electrons. The van der Waals surface area contributed by atoms with Gasteiger partial charge in [-0.3, -0.25) is 4.79 Å². The fourth-order valence-electron chi connectivity index (χ4n) is 6.80. The number of halogens is 1. The number of piperidine rings is 2. The van der Waals surface area contributed by atoms with Crippen LogP contribution in [0.1, 0.15) is 54.4 Å². The zero-order valence-corrected chi connectivity index (χ0v) is 24.4. The maximum Gasteiger partial charge on any atom is 0.253 e. The quantitative estimate of drug-likeness (QED) is 0.304. The summed E-state index contributed by atoms with van der Waals surface area (Å²) in [6.07, 6.45) is 7.61. The summed E-state index contributed by atoms with van der Waals surface area (Å²) in [5.41, 5.74) is 3.53. The van der Waals surface area contributed by atoms with E-state index >= 15 is 0 Å². The third-order valence-electron chi connectivity index (χ3n) is 9.38. The maximum atomic E-state index is 13.1. The van der Waals surface area contributed by atoms with E-state index in [2.05, 4.69) is 20.6 Å². The summed E-state index contributed by atoms with van der Waals surface area (Å²) in [5, 5.41) is 23.6. The molecule has 218 valence electrons. The van der Waals surface area contributed by atoms with Crippen molar-refractivity contribution in [3.05, 3.63) is 83.0 Å². The third-order valence-corrected chi connectivity index (χ3v) is 9.63. The van der Waals surface area contributed by atoms with Gasteiger partial charge < -0.3 is 25.5 Å². The van der Waals surface area contributed by atoms with Crippen LogP contribution in [0.5, 0.6) is 0 Å². The molecular formula is C32H36ClN7O2. The van der Waals surface area contributed by atoms with Crippen LogP contribution in [0, 0.1) is 0 Å². The Balaban J connectivity index is 1.01. The second-order valence-electron chi connectivity index (χ2n) is 11.9. The fourth-order valence-corrected chi connectivity index (χ4v) is 6.93. The minimum absolute atomic E-state index is 0.0920. The van der Waals surface area contributed by atoms with E-state index in [-0.39, 0.29) is 11.4 Å². The molecule has 3 aliphatic rings. The molecule has 0 aliphatic carbocycles. The van der Waals surface area contributed by atoms with Crippen LogP contribution < -0.4 is 15.5 Å². The number of benzene rings is 2. The van der Waals surface area contributed by atoms with Gasteiger partial charge in [0.05, 0.1) is 11.3 Å². The Morgan fingerprint density at radius 3 is 2.36 bits per heavy atom. The zero-order chi connectivity index (χ0) is 28.7. The molecule has 3 saturated heterocycles. The number of carbonyl (C=O) groups is 1. The topological polar surface area (TPSA) is 98.0 Å². The Morgan fingerprint density at radius 2 is 1.67 bits per heavy atom. The summed E-state index contributed by atoms with van der Waals surface area (Å²) in [4.78, 5) is 22.2. The first-order valence-corrected chi connectivity index (χ1v) is 15.3. The van der Waals surface area contributed by atoms with Crippen molar-refractivity contribution in [2.75, 3.05) is 42.9 Å². The predicted molar refractivity (Wildman–Crippen MR) is 165 cm³/mol. The van der Waals surface area contributed by atoms with Crippen LogP contribution in [-0.2, 0) is 5.60 Å². The van der Waals surface area contributed by atoms with Crippen molar-refractivity contribution < 1.29 is 9.90 Å². The number of fused-ring (bicyclic) bond motifs is 1.